The molecule has 0 saturated heterocycles. The molecule has 1 aromatic carbocycles. The van der Waals surface area contributed by atoms with Gasteiger partial charge in [0.1, 0.15) is 6.61 Å². The molecule has 0 spiro atoms. The number of rotatable bonds is 6. The highest BCUT2D eigenvalue weighted by Gasteiger charge is 2.41. The predicted octanol–water partition coefficient (Wildman–Crippen LogP) is 3.03. The molecular weight excluding hydrogens is 262 g/mol. The molecule has 17 heavy (non-hydrogen) atoms. The van der Waals surface area contributed by atoms with E-state index < -0.39 is 19.0 Å². The monoisotopic (exact) mass is 273 g/mol. The Morgan fingerprint density at radius 2 is 1.76 bits per heavy atom. The third-order valence-corrected chi connectivity index (χ3v) is 1.81. The molecule has 0 atom stereocenters. The zero-order chi connectivity index (χ0) is 12.0. The first-order valence-corrected chi connectivity index (χ1v) is 4.57. The van der Waals surface area contributed by atoms with Crippen LogP contribution in [-0.4, -0.2) is 19.0 Å². The lowest BCUT2D eigenvalue weighted by molar-refractivity contribution is -0.180. The third-order valence-electron chi connectivity index (χ3n) is 1.81. The van der Waals surface area contributed by atoms with Crippen LogP contribution in [0.25, 0.3) is 0 Å². The number of hydrogen-bond donors (Lipinski definition) is 1. The molecular formula is C10H12ClF4NO. The summed E-state index contributed by atoms with van der Waals surface area (Å²) in [6.45, 7) is -1.17. The van der Waals surface area contributed by atoms with Crippen molar-refractivity contribution in [1.29, 1.82) is 0 Å². The van der Waals surface area contributed by atoms with Crippen molar-refractivity contribution in [2.24, 2.45) is 0 Å². The van der Waals surface area contributed by atoms with Gasteiger partial charge in [-0.3, -0.25) is 4.84 Å². The van der Waals surface area contributed by atoms with E-state index in [1.807, 2.05) is 0 Å². The molecule has 0 aromatic heterocycles. The quantitative estimate of drug-likeness (QED) is 0.489. The zero-order valence-corrected chi connectivity index (χ0v) is 9.52. The van der Waals surface area contributed by atoms with E-state index in [9.17, 15) is 17.6 Å². The summed E-state index contributed by atoms with van der Waals surface area (Å²) in [5, 5.41) is 0. The summed E-state index contributed by atoms with van der Waals surface area (Å²) in [7, 11) is 0. The van der Waals surface area contributed by atoms with Gasteiger partial charge in [0, 0.05) is 6.54 Å². The second kappa shape index (κ2) is 7.47. The van der Waals surface area contributed by atoms with E-state index in [0.29, 0.717) is 0 Å². The lowest BCUT2D eigenvalue weighted by Crippen LogP contribution is -2.35. The number of alkyl halides is 4. The average Bonchev–Trinajstić information content (AvgIpc) is 2.26. The molecule has 0 heterocycles. The van der Waals surface area contributed by atoms with Crippen molar-refractivity contribution in [1.82, 2.24) is 5.48 Å². The van der Waals surface area contributed by atoms with Gasteiger partial charge in [0.15, 0.2) is 0 Å². The van der Waals surface area contributed by atoms with E-state index in [-0.39, 0.29) is 19.0 Å². The first kappa shape index (κ1) is 16.1. The highest BCUT2D eigenvalue weighted by Crippen LogP contribution is 2.22. The SMILES string of the molecule is Cl.FC(F)C(F)(F)CONCc1ccccc1. The summed E-state index contributed by atoms with van der Waals surface area (Å²) < 4.78 is 48.1. The van der Waals surface area contributed by atoms with Crippen molar-refractivity contribution in [3.63, 3.8) is 0 Å². The van der Waals surface area contributed by atoms with Crippen LogP contribution in [0.1, 0.15) is 5.56 Å². The number of hydroxylamine groups is 1. The van der Waals surface area contributed by atoms with E-state index in [1.165, 1.54) is 0 Å². The fraction of sp³-hybridized carbons (Fsp3) is 0.400. The lowest BCUT2D eigenvalue weighted by atomic mass is 10.2. The van der Waals surface area contributed by atoms with Crippen molar-refractivity contribution >= 4 is 12.4 Å². The number of halogens is 5. The lowest BCUT2D eigenvalue weighted by Gasteiger charge is -2.15. The van der Waals surface area contributed by atoms with Crippen LogP contribution in [0.3, 0.4) is 0 Å². The van der Waals surface area contributed by atoms with E-state index in [1.54, 1.807) is 30.3 Å². The largest absolute Gasteiger partial charge is 0.332 e. The molecule has 0 amide bonds. The van der Waals surface area contributed by atoms with E-state index in [4.69, 9.17) is 0 Å². The Hall–Kier alpha value is -0.850. The maximum Gasteiger partial charge on any atom is 0.332 e. The molecule has 7 heteroatoms. The van der Waals surface area contributed by atoms with Crippen molar-refractivity contribution in [2.75, 3.05) is 6.61 Å². The number of hydrogen-bond acceptors (Lipinski definition) is 2. The molecule has 0 aliphatic rings. The first-order valence-electron chi connectivity index (χ1n) is 4.57. The molecule has 0 saturated carbocycles. The van der Waals surface area contributed by atoms with Gasteiger partial charge in [0.2, 0.25) is 0 Å². The Morgan fingerprint density at radius 1 is 1.18 bits per heavy atom. The molecule has 98 valence electrons. The molecule has 0 unspecified atom stereocenters. The van der Waals surface area contributed by atoms with Crippen LogP contribution in [0.15, 0.2) is 30.3 Å². The summed E-state index contributed by atoms with van der Waals surface area (Å²) >= 11 is 0. The smallest absolute Gasteiger partial charge is 0.295 e. The zero-order valence-electron chi connectivity index (χ0n) is 8.71. The minimum Gasteiger partial charge on any atom is -0.295 e. The van der Waals surface area contributed by atoms with Gasteiger partial charge < -0.3 is 0 Å². The van der Waals surface area contributed by atoms with Gasteiger partial charge in [-0.05, 0) is 5.56 Å². The van der Waals surface area contributed by atoms with Crippen molar-refractivity contribution in [3.05, 3.63) is 35.9 Å². The summed E-state index contributed by atoms with van der Waals surface area (Å²) in [4.78, 5) is 4.28. The van der Waals surface area contributed by atoms with Crippen LogP contribution in [0.5, 0.6) is 0 Å². The topological polar surface area (TPSA) is 21.3 Å². The van der Waals surface area contributed by atoms with Crippen LogP contribution < -0.4 is 5.48 Å². The fourth-order valence-electron chi connectivity index (χ4n) is 0.940. The van der Waals surface area contributed by atoms with Crippen LogP contribution in [0.4, 0.5) is 17.6 Å². The maximum absolute atomic E-state index is 12.4. The van der Waals surface area contributed by atoms with Gasteiger partial charge in [-0.25, -0.2) is 8.78 Å². The van der Waals surface area contributed by atoms with Crippen LogP contribution in [0, 0.1) is 0 Å². The second-order valence-corrected chi connectivity index (χ2v) is 3.16. The summed E-state index contributed by atoms with van der Waals surface area (Å²) in [5.41, 5.74) is 3.01. The van der Waals surface area contributed by atoms with E-state index in [0.717, 1.165) is 5.56 Å². The molecule has 2 nitrogen and oxygen atoms in total. The Bertz CT molecular complexity index is 310. The maximum atomic E-state index is 12.4. The van der Waals surface area contributed by atoms with E-state index in [2.05, 4.69) is 10.3 Å². The molecule has 1 aromatic rings. The van der Waals surface area contributed by atoms with Gasteiger partial charge in [-0.1, -0.05) is 30.3 Å². The normalized spacial score (nSPS) is 11.4. The molecule has 0 aliphatic carbocycles. The third kappa shape index (κ3) is 5.86. The highest BCUT2D eigenvalue weighted by atomic mass is 35.5. The highest BCUT2D eigenvalue weighted by molar-refractivity contribution is 5.85. The Balaban J connectivity index is 0.00000256. The fourth-order valence-corrected chi connectivity index (χ4v) is 0.940. The first-order chi connectivity index (χ1) is 7.52. The Labute approximate surface area is 102 Å². The summed E-state index contributed by atoms with van der Waals surface area (Å²) in [5.74, 6) is -4.12. The Morgan fingerprint density at radius 3 is 2.29 bits per heavy atom. The molecule has 1 N–H and O–H groups in total. The van der Waals surface area contributed by atoms with Crippen molar-refractivity contribution in [3.8, 4) is 0 Å². The minimum absolute atomic E-state index is 0. The summed E-state index contributed by atoms with van der Waals surface area (Å²) in [6.07, 6.45) is -3.72. The van der Waals surface area contributed by atoms with Crippen molar-refractivity contribution in [2.45, 2.75) is 18.9 Å². The van der Waals surface area contributed by atoms with Crippen LogP contribution in [0.2, 0.25) is 0 Å². The van der Waals surface area contributed by atoms with Gasteiger partial charge >= 0.3 is 12.3 Å². The van der Waals surface area contributed by atoms with Crippen molar-refractivity contribution < 1.29 is 22.4 Å². The van der Waals surface area contributed by atoms with Gasteiger partial charge in [0.25, 0.3) is 0 Å². The van der Waals surface area contributed by atoms with E-state index >= 15 is 0 Å². The van der Waals surface area contributed by atoms with Gasteiger partial charge in [-0.15, -0.1) is 12.4 Å². The minimum atomic E-state index is -4.12. The van der Waals surface area contributed by atoms with Gasteiger partial charge in [-0.2, -0.15) is 14.3 Å². The molecule has 0 radical (unpaired) electrons. The summed E-state index contributed by atoms with van der Waals surface area (Å²) in [6, 6.07) is 8.84. The number of benzene rings is 1. The number of nitrogens with one attached hydrogen (secondary N) is 1. The van der Waals surface area contributed by atoms with Gasteiger partial charge in [0.05, 0.1) is 0 Å². The predicted molar refractivity (Wildman–Crippen MR) is 57.4 cm³/mol. The molecule has 0 fully saturated rings. The Kier molecular flexibility index (Phi) is 7.10. The molecule has 1 rings (SSSR count). The standard InChI is InChI=1S/C10H11F4NO.ClH/c11-9(12)10(13,14)7-16-15-6-8-4-2-1-3-5-8;/h1-5,9,15H,6-7H2;1H. The van der Waals surface area contributed by atoms with Crippen LogP contribution in [-0.2, 0) is 11.4 Å². The molecule has 0 bridgehead atoms. The molecule has 0 aliphatic heterocycles. The van der Waals surface area contributed by atoms with Crippen LogP contribution >= 0.6 is 12.4 Å². The average molecular weight is 274 g/mol. The second-order valence-electron chi connectivity index (χ2n) is 3.16.